The molecule has 0 saturated heterocycles. The second-order valence-corrected chi connectivity index (χ2v) is 2.30. The van der Waals surface area contributed by atoms with Gasteiger partial charge in [0.1, 0.15) is 0 Å². The molecule has 5 heteroatoms. The van der Waals surface area contributed by atoms with Gasteiger partial charge < -0.3 is 10.5 Å². The van der Waals surface area contributed by atoms with Crippen molar-refractivity contribution in [1.82, 2.24) is 4.98 Å². The Hall–Kier alpha value is -1.39. The van der Waals surface area contributed by atoms with Crippen molar-refractivity contribution in [1.29, 1.82) is 0 Å². The first-order valence-electron chi connectivity index (χ1n) is 3.26. The molecule has 12 heavy (non-hydrogen) atoms. The topological polar surface area (TPSA) is 48.1 Å². The number of hydrogen-bond donors (Lipinski definition) is 1. The van der Waals surface area contributed by atoms with E-state index in [9.17, 15) is 8.78 Å². The first-order chi connectivity index (χ1) is 5.49. The van der Waals surface area contributed by atoms with Crippen molar-refractivity contribution in [3.8, 4) is 5.75 Å². The van der Waals surface area contributed by atoms with Gasteiger partial charge in [0.15, 0.2) is 11.6 Å². The molecular formula is C7H8F2N2O. The van der Waals surface area contributed by atoms with Gasteiger partial charge in [0.05, 0.1) is 0 Å². The number of rotatable bonds is 2. The average molecular weight is 174 g/mol. The van der Waals surface area contributed by atoms with Gasteiger partial charge >= 0.3 is 6.11 Å². The maximum Gasteiger partial charge on any atom is 0.395 e. The molecule has 1 heterocycles. The van der Waals surface area contributed by atoms with Crippen molar-refractivity contribution in [3.63, 3.8) is 0 Å². The molecule has 0 amide bonds. The number of ether oxygens (including phenoxy) is 1. The molecule has 0 saturated carbocycles. The van der Waals surface area contributed by atoms with Crippen LogP contribution in [-0.4, -0.2) is 11.1 Å². The number of anilines is 1. The van der Waals surface area contributed by atoms with Gasteiger partial charge in [-0.15, -0.1) is 0 Å². The van der Waals surface area contributed by atoms with E-state index in [1.165, 1.54) is 18.3 Å². The fourth-order valence-electron chi connectivity index (χ4n) is 0.682. The van der Waals surface area contributed by atoms with Crippen LogP contribution in [0.15, 0.2) is 18.3 Å². The first-order valence-corrected chi connectivity index (χ1v) is 3.26. The molecule has 0 aliphatic heterocycles. The van der Waals surface area contributed by atoms with Gasteiger partial charge in [-0.1, -0.05) is 0 Å². The Labute approximate surface area is 68.2 Å². The lowest BCUT2D eigenvalue weighted by Gasteiger charge is -2.13. The highest BCUT2D eigenvalue weighted by atomic mass is 19.3. The summed E-state index contributed by atoms with van der Waals surface area (Å²) in [6.45, 7) is 0.638. The zero-order chi connectivity index (χ0) is 9.19. The Balaban J connectivity index is 2.83. The van der Waals surface area contributed by atoms with E-state index < -0.39 is 6.11 Å². The van der Waals surface area contributed by atoms with Gasteiger partial charge in [0.25, 0.3) is 0 Å². The fourth-order valence-corrected chi connectivity index (χ4v) is 0.682. The quantitative estimate of drug-likeness (QED) is 0.741. The Kier molecular flexibility index (Phi) is 2.12. The lowest BCUT2D eigenvalue weighted by molar-refractivity contribution is -0.158. The van der Waals surface area contributed by atoms with Crippen LogP contribution >= 0.6 is 0 Å². The lowest BCUT2D eigenvalue weighted by Crippen LogP contribution is -2.20. The van der Waals surface area contributed by atoms with E-state index in [1.54, 1.807) is 0 Å². The third-order valence-corrected chi connectivity index (χ3v) is 1.09. The molecule has 0 fully saturated rings. The predicted molar refractivity (Wildman–Crippen MR) is 39.9 cm³/mol. The van der Waals surface area contributed by atoms with E-state index in [-0.39, 0.29) is 11.6 Å². The highest BCUT2D eigenvalue weighted by Gasteiger charge is 2.24. The smallest absolute Gasteiger partial charge is 0.395 e. The summed E-state index contributed by atoms with van der Waals surface area (Å²) in [7, 11) is 0. The summed E-state index contributed by atoms with van der Waals surface area (Å²) in [5, 5.41) is 0. The van der Waals surface area contributed by atoms with Gasteiger partial charge in [-0.05, 0) is 12.1 Å². The van der Waals surface area contributed by atoms with Crippen molar-refractivity contribution in [2.45, 2.75) is 13.0 Å². The number of hydrogen-bond acceptors (Lipinski definition) is 3. The van der Waals surface area contributed by atoms with E-state index in [0.717, 1.165) is 0 Å². The lowest BCUT2D eigenvalue weighted by atomic mass is 10.4. The molecular weight excluding hydrogens is 166 g/mol. The number of halogens is 2. The van der Waals surface area contributed by atoms with Crippen LogP contribution in [-0.2, 0) is 0 Å². The van der Waals surface area contributed by atoms with Crippen LogP contribution in [0.25, 0.3) is 0 Å². The fraction of sp³-hybridized carbons (Fsp3) is 0.286. The highest BCUT2D eigenvalue weighted by molar-refractivity contribution is 5.44. The number of nitrogens with zero attached hydrogens (tertiary/aromatic N) is 1. The molecule has 0 aliphatic carbocycles. The minimum absolute atomic E-state index is 0.0426. The van der Waals surface area contributed by atoms with Crippen molar-refractivity contribution in [2.75, 3.05) is 5.73 Å². The van der Waals surface area contributed by atoms with Crippen LogP contribution in [0.2, 0.25) is 0 Å². The summed E-state index contributed by atoms with van der Waals surface area (Å²) in [4.78, 5) is 3.58. The van der Waals surface area contributed by atoms with Crippen molar-refractivity contribution in [3.05, 3.63) is 18.3 Å². The van der Waals surface area contributed by atoms with Crippen LogP contribution in [0.1, 0.15) is 6.92 Å². The molecule has 0 aromatic carbocycles. The SMILES string of the molecule is CC(F)(F)Oc1cccnc1N. The largest absolute Gasteiger partial charge is 0.429 e. The Morgan fingerprint density at radius 3 is 2.75 bits per heavy atom. The van der Waals surface area contributed by atoms with E-state index in [0.29, 0.717) is 6.92 Å². The second kappa shape index (κ2) is 2.92. The molecule has 0 bridgehead atoms. The second-order valence-electron chi connectivity index (χ2n) is 2.30. The van der Waals surface area contributed by atoms with Gasteiger partial charge in [-0.25, -0.2) is 4.98 Å². The highest BCUT2D eigenvalue weighted by Crippen LogP contribution is 2.24. The molecule has 0 spiro atoms. The molecule has 66 valence electrons. The minimum atomic E-state index is -3.23. The Morgan fingerprint density at radius 2 is 2.25 bits per heavy atom. The van der Waals surface area contributed by atoms with Crippen LogP contribution in [0, 0.1) is 0 Å². The summed E-state index contributed by atoms with van der Waals surface area (Å²) in [6, 6.07) is 2.80. The van der Waals surface area contributed by atoms with E-state index in [1.807, 2.05) is 0 Å². The summed E-state index contributed by atoms with van der Waals surface area (Å²) < 4.78 is 28.8. The maximum absolute atomic E-state index is 12.3. The summed E-state index contributed by atoms with van der Waals surface area (Å²) in [6.07, 6.45) is -1.83. The Morgan fingerprint density at radius 1 is 1.58 bits per heavy atom. The number of aromatic nitrogens is 1. The van der Waals surface area contributed by atoms with E-state index in [4.69, 9.17) is 5.73 Å². The zero-order valence-electron chi connectivity index (χ0n) is 6.42. The zero-order valence-corrected chi connectivity index (χ0v) is 6.42. The molecule has 1 aromatic heterocycles. The van der Waals surface area contributed by atoms with Gasteiger partial charge in [0, 0.05) is 13.1 Å². The third kappa shape index (κ3) is 2.34. The standard InChI is InChI=1S/C7H8F2N2O/c1-7(8,9)12-5-3-2-4-11-6(5)10/h2-4H,1H3,(H2,10,11). The molecule has 0 aliphatic rings. The average Bonchev–Trinajstić information content (AvgIpc) is 1.91. The molecule has 2 N–H and O–H groups in total. The van der Waals surface area contributed by atoms with Gasteiger partial charge in [-0.2, -0.15) is 8.78 Å². The number of nitrogens with two attached hydrogens (primary N) is 1. The number of pyridine rings is 1. The predicted octanol–water partition coefficient (Wildman–Crippen LogP) is 1.66. The molecule has 0 radical (unpaired) electrons. The summed E-state index contributed by atoms with van der Waals surface area (Å²) in [5.74, 6) is -0.149. The summed E-state index contributed by atoms with van der Waals surface area (Å²) >= 11 is 0. The van der Waals surface area contributed by atoms with Crippen molar-refractivity contribution >= 4 is 5.82 Å². The molecule has 1 aromatic rings. The summed E-state index contributed by atoms with van der Waals surface area (Å²) in [5.41, 5.74) is 5.26. The van der Waals surface area contributed by atoms with E-state index >= 15 is 0 Å². The normalized spacial score (nSPS) is 11.2. The molecule has 1 rings (SSSR count). The molecule has 0 atom stereocenters. The van der Waals surface area contributed by atoms with Gasteiger partial charge in [-0.3, -0.25) is 0 Å². The Bertz CT molecular complexity index is 272. The van der Waals surface area contributed by atoms with Crippen molar-refractivity contribution < 1.29 is 13.5 Å². The van der Waals surface area contributed by atoms with E-state index in [2.05, 4.69) is 9.72 Å². The molecule has 3 nitrogen and oxygen atoms in total. The van der Waals surface area contributed by atoms with Crippen molar-refractivity contribution in [2.24, 2.45) is 0 Å². The monoisotopic (exact) mass is 174 g/mol. The number of nitrogen functional groups attached to an aromatic ring is 1. The van der Waals surface area contributed by atoms with Crippen LogP contribution in [0.3, 0.4) is 0 Å². The molecule has 0 unspecified atom stereocenters. The third-order valence-electron chi connectivity index (χ3n) is 1.09. The van der Waals surface area contributed by atoms with Crippen LogP contribution in [0.5, 0.6) is 5.75 Å². The number of alkyl halides is 2. The van der Waals surface area contributed by atoms with Crippen LogP contribution in [0.4, 0.5) is 14.6 Å². The van der Waals surface area contributed by atoms with Gasteiger partial charge in [0.2, 0.25) is 0 Å². The van der Waals surface area contributed by atoms with Crippen LogP contribution < -0.4 is 10.5 Å². The first kappa shape index (κ1) is 8.70. The maximum atomic E-state index is 12.3. The minimum Gasteiger partial charge on any atom is -0.429 e.